The Bertz CT molecular complexity index is 824. The summed E-state index contributed by atoms with van der Waals surface area (Å²) >= 11 is 0.932. The lowest BCUT2D eigenvalue weighted by molar-refractivity contribution is -0.140. The maximum atomic E-state index is 12.6. The molecule has 2 aromatic rings. The van der Waals surface area contributed by atoms with Crippen LogP contribution < -0.4 is 24.8 Å². The van der Waals surface area contributed by atoms with Gasteiger partial charge in [0.15, 0.2) is 23.2 Å². The first kappa shape index (κ1) is 21.6. The van der Waals surface area contributed by atoms with E-state index in [-0.39, 0.29) is 6.54 Å². The third kappa shape index (κ3) is 5.18. The van der Waals surface area contributed by atoms with Crippen LogP contribution in [-0.4, -0.2) is 39.3 Å². The van der Waals surface area contributed by atoms with Crippen LogP contribution in [0.1, 0.15) is 16.3 Å². The van der Waals surface area contributed by atoms with Gasteiger partial charge < -0.3 is 24.8 Å². The number of aromatic nitrogens is 1. The minimum Gasteiger partial charge on any atom is -0.493 e. The molecule has 0 saturated heterocycles. The molecule has 2 N–H and O–H groups in total. The smallest absolute Gasteiger partial charge is 0.434 e. The third-order valence-corrected chi connectivity index (χ3v) is 4.55. The van der Waals surface area contributed by atoms with Gasteiger partial charge in [-0.1, -0.05) is 0 Å². The van der Waals surface area contributed by atoms with E-state index >= 15 is 0 Å². The number of hydrogen-bond acceptors (Lipinski definition) is 6. The summed E-state index contributed by atoms with van der Waals surface area (Å²) in [6.45, 7) is 0.457. The van der Waals surface area contributed by atoms with Crippen molar-refractivity contribution in [3.63, 3.8) is 0 Å². The average molecular weight is 418 g/mol. The average Bonchev–Trinajstić information content (AvgIpc) is 3.16. The fourth-order valence-electron chi connectivity index (χ4n) is 2.38. The molecule has 0 aliphatic carbocycles. The van der Waals surface area contributed by atoms with Crippen LogP contribution in [0.15, 0.2) is 22.5 Å². The molecule has 0 aliphatic heterocycles. The van der Waals surface area contributed by atoms with E-state index in [4.69, 9.17) is 14.2 Å². The molecule has 11 heteroatoms. The summed E-state index contributed by atoms with van der Waals surface area (Å²) in [6, 6.07) is 3.57. The molecule has 7 nitrogen and oxygen atoms in total. The lowest BCUT2D eigenvalue weighted by atomic mass is 10.1. The number of ether oxygens (including phenoxy) is 3. The highest BCUT2D eigenvalue weighted by atomic mass is 32.1. The molecule has 28 heavy (non-hydrogen) atoms. The van der Waals surface area contributed by atoms with E-state index in [1.165, 1.54) is 21.3 Å². The zero-order chi connectivity index (χ0) is 20.7. The number of guanidine groups is 1. The number of methoxy groups -OCH3 is 3. The first-order valence-corrected chi connectivity index (χ1v) is 8.96. The van der Waals surface area contributed by atoms with Crippen molar-refractivity contribution in [3.8, 4) is 17.2 Å². The predicted octanol–water partition coefficient (Wildman–Crippen LogP) is 3.05. The van der Waals surface area contributed by atoms with Crippen molar-refractivity contribution < 1.29 is 27.4 Å². The van der Waals surface area contributed by atoms with Crippen molar-refractivity contribution in [1.82, 2.24) is 15.6 Å². The summed E-state index contributed by atoms with van der Waals surface area (Å²) in [4.78, 5) is 7.63. The van der Waals surface area contributed by atoms with Gasteiger partial charge in [0, 0.05) is 24.5 Å². The standard InChI is InChI=1S/C17H21F3N4O3S/c1-21-16(23-8-13-24-12(9-28-13)17(18,19)20)22-7-10-5-6-11(25-2)15(27-4)14(10)26-3/h5-6,9H,7-8H2,1-4H3,(H2,21,22,23). The molecule has 0 amide bonds. The van der Waals surface area contributed by atoms with Gasteiger partial charge in [-0.2, -0.15) is 13.2 Å². The highest BCUT2D eigenvalue weighted by Crippen LogP contribution is 2.39. The van der Waals surface area contributed by atoms with E-state index in [0.717, 1.165) is 22.3 Å². The second-order valence-corrected chi connectivity index (χ2v) is 6.34. The number of thiazole rings is 1. The fourth-order valence-corrected chi connectivity index (χ4v) is 3.12. The first-order valence-electron chi connectivity index (χ1n) is 8.08. The zero-order valence-corrected chi connectivity index (χ0v) is 16.6. The number of benzene rings is 1. The van der Waals surface area contributed by atoms with Gasteiger partial charge in [0.1, 0.15) is 5.01 Å². The van der Waals surface area contributed by atoms with E-state index in [1.54, 1.807) is 13.1 Å². The van der Waals surface area contributed by atoms with Crippen LogP contribution >= 0.6 is 11.3 Å². The summed E-state index contributed by atoms with van der Waals surface area (Å²) in [5.41, 5.74) is -0.107. The van der Waals surface area contributed by atoms with Crippen LogP contribution in [0.25, 0.3) is 0 Å². The molecule has 0 radical (unpaired) electrons. The molecule has 154 valence electrons. The van der Waals surface area contributed by atoms with Gasteiger partial charge in [-0.25, -0.2) is 4.98 Å². The Balaban J connectivity index is 2.02. The van der Waals surface area contributed by atoms with Crippen molar-refractivity contribution in [2.75, 3.05) is 28.4 Å². The predicted molar refractivity (Wildman–Crippen MR) is 100 cm³/mol. The summed E-state index contributed by atoms with van der Waals surface area (Å²) in [7, 11) is 6.13. The molecule has 0 spiro atoms. The minimum atomic E-state index is -4.45. The van der Waals surface area contributed by atoms with E-state index in [9.17, 15) is 13.2 Å². The van der Waals surface area contributed by atoms with Crippen LogP contribution in [0, 0.1) is 0 Å². The minimum absolute atomic E-state index is 0.115. The molecule has 1 aromatic carbocycles. The van der Waals surface area contributed by atoms with Crippen molar-refractivity contribution in [2.45, 2.75) is 19.3 Å². The van der Waals surface area contributed by atoms with E-state index in [2.05, 4.69) is 20.6 Å². The fraction of sp³-hybridized carbons (Fsp3) is 0.412. The molecule has 0 aliphatic rings. The zero-order valence-electron chi connectivity index (χ0n) is 15.8. The van der Waals surface area contributed by atoms with Crippen molar-refractivity contribution >= 4 is 17.3 Å². The number of hydrogen-bond donors (Lipinski definition) is 2. The van der Waals surface area contributed by atoms with Crippen molar-refractivity contribution in [1.29, 1.82) is 0 Å². The molecule has 0 bridgehead atoms. The second-order valence-electron chi connectivity index (χ2n) is 5.40. The molecule has 0 saturated carbocycles. The first-order chi connectivity index (χ1) is 13.3. The van der Waals surface area contributed by atoms with E-state index in [1.807, 2.05) is 6.07 Å². The van der Waals surface area contributed by atoms with Crippen LogP contribution in [0.5, 0.6) is 17.2 Å². The molecule has 2 rings (SSSR count). The van der Waals surface area contributed by atoms with Crippen LogP contribution in [0.2, 0.25) is 0 Å². The van der Waals surface area contributed by atoms with Gasteiger partial charge in [-0.05, 0) is 12.1 Å². The normalized spacial score (nSPS) is 11.9. The highest BCUT2D eigenvalue weighted by molar-refractivity contribution is 7.09. The molecule has 0 atom stereocenters. The maximum Gasteiger partial charge on any atom is 0.434 e. The van der Waals surface area contributed by atoms with Gasteiger partial charge in [0.25, 0.3) is 0 Å². The van der Waals surface area contributed by atoms with Gasteiger partial charge >= 0.3 is 6.18 Å². The van der Waals surface area contributed by atoms with Gasteiger partial charge in [-0.15, -0.1) is 11.3 Å². The number of rotatable bonds is 7. The number of nitrogens with zero attached hydrogens (tertiary/aromatic N) is 2. The van der Waals surface area contributed by atoms with Crippen LogP contribution in [0.3, 0.4) is 0 Å². The van der Waals surface area contributed by atoms with Gasteiger partial charge in [-0.3, -0.25) is 4.99 Å². The van der Waals surface area contributed by atoms with Gasteiger partial charge in [0.05, 0.1) is 27.9 Å². The summed E-state index contributed by atoms with van der Waals surface area (Å²) in [5.74, 6) is 1.92. The SMILES string of the molecule is CN=C(NCc1nc(C(F)(F)F)cs1)NCc1ccc(OC)c(OC)c1OC. The molecular formula is C17H21F3N4O3S. The second kappa shape index (κ2) is 9.49. The van der Waals surface area contributed by atoms with Gasteiger partial charge in [0.2, 0.25) is 5.75 Å². The number of nitrogens with one attached hydrogen (secondary N) is 2. The Morgan fingerprint density at radius 2 is 1.75 bits per heavy atom. The van der Waals surface area contributed by atoms with E-state index < -0.39 is 11.9 Å². The summed E-state index contributed by atoms with van der Waals surface area (Å²) in [5, 5.41) is 7.30. The Kier molecular flexibility index (Phi) is 7.32. The number of halogens is 3. The molecule has 0 unspecified atom stereocenters. The van der Waals surface area contributed by atoms with Crippen molar-refractivity contribution in [2.24, 2.45) is 4.99 Å². The van der Waals surface area contributed by atoms with E-state index in [0.29, 0.717) is 34.8 Å². The Hall–Kier alpha value is -2.69. The maximum absolute atomic E-state index is 12.6. The Morgan fingerprint density at radius 1 is 1.07 bits per heavy atom. The van der Waals surface area contributed by atoms with Crippen LogP contribution in [-0.2, 0) is 19.3 Å². The van der Waals surface area contributed by atoms with Crippen molar-refractivity contribution in [3.05, 3.63) is 33.8 Å². The third-order valence-electron chi connectivity index (χ3n) is 3.70. The molecular weight excluding hydrogens is 397 g/mol. The Morgan fingerprint density at radius 3 is 2.29 bits per heavy atom. The lowest BCUT2D eigenvalue weighted by Gasteiger charge is -2.17. The largest absolute Gasteiger partial charge is 0.493 e. The topological polar surface area (TPSA) is 77.0 Å². The summed E-state index contributed by atoms with van der Waals surface area (Å²) in [6.07, 6.45) is -4.45. The monoisotopic (exact) mass is 418 g/mol. The quantitative estimate of drug-likeness (QED) is 0.532. The number of alkyl halides is 3. The van der Waals surface area contributed by atoms with Crippen LogP contribution in [0.4, 0.5) is 13.2 Å². The molecule has 1 heterocycles. The number of aliphatic imine (C=N–C) groups is 1. The molecule has 0 fully saturated rings. The summed E-state index contributed by atoms with van der Waals surface area (Å²) < 4.78 is 53.9. The lowest BCUT2D eigenvalue weighted by Crippen LogP contribution is -2.36. The highest BCUT2D eigenvalue weighted by Gasteiger charge is 2.33. The Labute approximate surface area is 164 Å². The molecule has 1 aromatic heterocycles.